The Balaban J connectivity index is 2.02. The number of benzene rings is 1. The molecule has 0 saturated carbocycles. The van der Waals surface area contributed by atoms with Crippen LogP contribution in [0.2, 0.25) is 0 Å². The summed E-state index contributed by atoms with van der Waals surface area (Å²) in [5.41, 5.74) is 1.28. The molecule has 0 aliphatic heterocycles. The van der Waals surface area contributed by atoms with Crippen molar-refractivity contribution in [3.63, 3.8) is 0 Å². The van der Waals surface area contributed by atoms with Crippen molar-refractivity contribution in [2.45, 2.75) is 39.5 Å². The van der Waals surface area contributed by atoms with Gasteiger partial charge in [0.25, 0.3) is 0 Å². The molecule has 0 aliphatic rings. The third-order valence-corrected chi connectivity index (χ3v) is 3.04. The van der Waals surface area contributed by atoms with Crippen LogP contribution in [0, 0.1) is 5.92 Å². The molecule has 1 rings (SSSR count). The SMILES string of the molecule is CCC(C)COCCCCc1ccc(O)cc1. The van der Waals surface area contributed by atoms with Crippen LogP contribution in [0.5, 0.6) is 5.75 Å². The second-order valence-corrected chi connectivity index (χ2v) is 4.71. The van der Waals surface area contributed by atoms with E-state index in [2.05, 4.69) is 13.8 Å². The van der Waals surface area contributed by atoms with Crippen molar-refractivity contribution in [1.82, 2.24) is 0 Å². The fourth-order valence-electron chi connectivity index (χ4n) is 1.60. The first-order chi connectivity index (χ1) is 8.22. The Bertz CT molecular complexity index is 292. The van der Waals surface area contributed by atoms with Gasteiger partial charge >= 0.3 is 0 Å². The minimum Gasteiger partial charge on any atom is -0.508 e. The van der Waals surface area contributed by atoms with Crippen LogP contribution in [0.15, 0.2) is 24.3 Å². The lowest BCUT2D eigenvalue weighted by atomic mass is 10.1. The van der Waals surface area contributed by atoms with Crippen LogP contribution in [0.25, 0.3) is 0 Å². The van der Waals surface area contributed by atoms with Crippen molar-refractivity contribution >= 4 is 0 Å². The van der Waals surface area contributed by atoms with Gasteiger partial charge in [0.05, 0.1) is 0 Å². The van der Waals surface area contributed by atoms with E-state index in [4.69, 9.17) is 9.84 Å². The number of phenolic OH excluding ortho intramolecular Hbond substituents is 1. The van der Waals surface area contributed by atoms with Gasteiger partial charge in [-0.3, -0.25) is 0 Å². The fourth-order valence-corrected chi connectivity index (χ4v) is 1.60. The summed E-state index contributed by atoms with van der Waals surface area (Å²) >= 11 is 0. The molecule has 0 bridgehead atoms. The zero-order valence-electron chi connectivity index (χ0n) is 11.0. The Morgan fingerprint density at radius 2 is 1.88 bits per heavy atom. The van der Waals surface area contributed by atoms with E-state index >= 15 is 0 Å². The predicted molar refractivity (Wildman–Crippen MR) is 71.3 cm³/mol. The Labute approximate surface area is 105 Å². The third-order valence-electron chi connectivity index (χ3n) is 3.04. The number of rotatable bonds is 8. The highest BCUT2D eigenvalue weighted by Gasteiger charge is 1.98. The molecule has 0 saturated heterocycles. The van der Waals surface area contributed by atoms with Crippen LogP contribution in [0.4, 0.5) is 0 Å². The van der Waals surface area contributed by atoms with Gasteiger partial charge in [-0.1, -0.05) is 32.4 Å². The standard InChI is InChI=1S/C15H24O2/c1-3-13(2)12-17-11-5-4-6-14-7-9-15(16)10-8-14/h7-10,13,16H,3-6,11-12H2,1-2H3. The zero-order chi connectivity index (χ0) is 12.5. The molecule has 1 aromatic carbocycles. The van der Waals surface area contributed by atoms with Crippen LogP contribution >= 0.6 is 0 Å². The maximum absolute atomic E-state index is 9.15. The first kappa shape index (κ1) is 14.0. The van der Waals surface area contributed by atoms with E-state index in [1.54, 1.807) is 12.1 Å². The van der Waals surface area contributed by atoms with Crippen molar-refractivity contribution in [2.24, 2.45) is 5.92 Å². The molecule has 1 aromatic rings. The summed E-state index contributed by atoms with van der Waals surface area (Å²) in [7, 11) is 0. The summed E-state index contributed by atoms with van der Waals surface area (Å²) in [6.45, 7) is 6.16. The minimum absolute atomic E-state index is 0.339. The predicted octanol–water partition coefficient (Wildman–Crippen LogP) is 3.78. The summed E-state index contributed by atoms with van der Waals surface area (Å²) in [6.07, 6.45) is 4.50. The van der Waals surface area contributed by atoms with Crippen LogP contribution in [-0.2, 0) is 11.2 Å². The normalized spacial score (nSPS) is 12.6. The number of unbranched alkanes of at least 4 members (excludes halogenated alkanes) is 1. The van der Waals surface area contributed by atoms with Crippen molar-refractivity contribution in [3.8, 4) is 5.75 Å². The van der Waals surface area contributed by atoms with E-state index in [0.717, 1.165) is 32.5 Å². The number of ether oxygens (including phenoxy) is 1. The molecule has 1 N–H and O–H groups in total. The average Bonchev–Trinajstić information content (AvgIpc) is 2.35. The quantitative estimate of drug-likeness (QED) is 0.696. The lowest BCUT2D eigenvalue weighted by Crippen LogP contribution is -2.05. The molecule has 0 spiro atoms. The molecule has 17 heavy (non-hydrogen) atoms. The van der Waals surface area contributed by atoms with Gasteiger partial charge in [-0.15, -0.1) is 0 Å². The van der Waals surface area contributed by atoms with Crippen molar-refractivity contribution in [1.29, 1.82) is 0 Å². The van der Waals surface area contributed by atoms with Gasteiger partial charge in [0, 0.05) is 13.2 Å². The number of hydrogen-bond acceptors (Lipinski definition) is 2. The third kappa shape index (κ3) is 6.32. The molecule has 1 atom stereocenters. The highest BCUT2D eigenvalue weighted by molar-refractivity contribution is 5.25. The lowest BCUT2D eigenvalue weighted by Gasteiger charge is -2.09. The Hall–Kier alpha value is -1.02. The van der Waals surface area contributed by atoms with Crippen LogP contribution < -0.4 is 0 Å². The van der Waals surface area contributed by atoms with Crippen molar-refractivity contribution in [2.75, 3.05) is 13.2 Å². The van der Waals surface area contributed by atoms with Gasteiger partial charge in [0.1, 0.15) is 5.75 Å². The smallest absolute Gasteiger partial charge is 0.115 e. The van der Waals surface area contributed by atoms with Crippen LogP contribution in [0.1, 0.15) is 38.7 Å². The van der Waals surface area contributed by atoms with Crippen molar-refractivity contribution < 1.29 is 9.84 Å². The molecule has 96 valence electrons. The van der Waals surface area contributed by atoms with E-state index in [1.807, 2.05) is 12.1 Å². The first-order valence-electron chi connectivity index (χ1n) is 6.58. The maximum Gasteiger partial charge on any atom is 0.115 e. The molecule has 1 unspecified atom stereocenters. The molecule has 0 amide bonds. The van der Waals surface area contributed by atoms with E-state index in [9.17, 15) is 0 Å². The van der Waals surface area contributed by atoms with Gasteiger partial charge in [0.2, 0.25) is 0 Å². The molecule has 0 radical (unpaired) electrons. The molecule has 0 aromatic heterocycles. The minimum atomic E-state index is 0.339. The van der Waals surface area contributed by atoms with Gasteiger partial charge in [-0.2, -0.15) is 0 Å². The summed E-state index contributed by atoms with van der Waals surface area (Å²) < 4.78 is 5.60. The fraction of sp³-hybridized carbons (Fsp3) is 0.600. The monoisotopic (exact) mass is 236 g/mol. The summed E-state index contributed by atoms with van der Waals surface area (Å²) in [5, 5.41) is 9.15. The second kappa shape index (κ2) is 8.13. The van der Waals surface area contributed by atoms with E-state index in [0.29, 0.717) is 11.7 Å². The molecular weight excluding hydrogens is 212 g/mol. The van der Waals surface area contributed by atoms with Crippen molar-refractivity contribution in [3.05, 3.63) is 29.8 Å². The average molecular weight is 236 g/mol. The zero-order valence-corrected chi connectivity index (χ0v) is 11.0. The topological polar surface area (TPSA) is 29.5 Å². The van der Waals surface area contributed by atoms with Gasteiger partial charge in [0.15, 0.2) is 0 Å². The van der Waals surface area contributed by atoms with Crippen LogP contribution in [0.3, 0.4) is 0 Å². The summed E-state index contributed by atoms with van der Waals surface area (Å²) in [6, 6.07) is 7.45. The second-order valence-electron chi connectivity index (χ2n) is 4.71. The van der Waals surface area contributed by atoms with Gasteiger partial charge in [-0.05, 0) is 42.9 Å². The summed E-state index contributed by atoms with van der Waals surface area (Å²) in [5.74, 6) is 1.01. The Morgan fingerprint density at radius 1 is 1.18 bits per heavy atom. The molecule has 2 heteroatoms. The van der Waals surface area contributed by atoms with E-state index < -0.39 is 0 Å². The van der Waals surface area contributed by atoms with Gasteiger partial charge in [-0.25, -0.2) is 0 Å². The maximum atomic E-state index is 9.15. The van der Waals surface area contributed by atoms with Gasteiger partial charge < -0.3 is 9.84 Å². The Kier molecular flexibility index (Phi) is 6.71. The molecular formula is C15H24O2. The lowest BCUT2D eigenvalue weighted by molar-refractivity contribution is 0.100. The largest absolute Gasteiger partial charge is 0.508 e. The van der Waals surface area contributed by atoms with Crippen LogP contribution in [-0.4, -0.2) is 18.3 Å². The molecule has 0 fully saturated rings. The number of aromatic hydroxyl groups is 1. The highest BCUT2D eigenvalue weighted by Crippen LogP contribution is 2.12. The summed E-state index contributed by atoms with van der Waals surface area (Å²) in [4.78, 5) is 0. The Morgan fingerprint density at radius 3 is 2.53 bits per heavy atom. The number of aryl methyl sites for hydroxylation is 1. The molecule has 0 aliphatic carbocycles. The van der Waals surface area contributed by atoms with E-state index in [1.165, 1.54) is 12.0 Å². The molecule has 2 nitrogen and oxygen atoms in total. The first-order valence-corrected chi connectivity index (χ1v) is 6.58. The van der Waals surface area contributed by atoms with E-state index in [-0.39, 0.29) is 0 Å². The number of phenols is 1. The molecule has 0 heterocycles. The highest BCUT2D eigenvalue weighted by atomic mass is 16.5. The number of hydrogen-bond donors (Lipinski definition) is 1.